The van der Waals surface area contributed by atoms with E-state index in [0.29, 0.717) is 13.2 Å². The number of nitrogens with two attached hydrogens (primary N) is 1. The molecule has 16 heavy (non-hydrogen) atoms. The number of hydrazine groups is 1. The average molecular weight is 224 g/mol. The first kappa shape index (κ1) is 12.6. The van der Waals surface area contributed by atoms with Crippen molar-refractivity contribution in [1.29, 1.82) is 0 Å². The van der Waals surface area contributed by atoms with Gasteiger partial charge in [0.1, 0.15) is 0 Å². The summed E-state index contributed by atoms with van der Waals surface area (Å²) in [5, 5.41) is 0. The van der Waals surface area contributed by atoms with Crippen LogP contribution in [0.3, 0.4) is 0 Å². The standard InChI is InChI=1S/C11H16N2O3/c1-15-11(14)10(16-8-7-13-12)9-5-3-2-4-6-9/h2-6,10,13H,7-8,12H2,1H3. The van der Waals surface area contributed by atoms with E-state index in [9.17, 15) is 4.79 Å². The van der Waals surface area contributed by atoms with Gasteiger partial charge in [-0.05, 0) is 5.56 Å². The van der Waals surface area contributed by atoms with Crippen LogP contribution in [0.15, 0.2) is 30.3 Å². The van der Waals surface area contributed by atoms with Crippen molar-refractivity contribution in [2.45, 2.75) is 6.10 Å². The molecule has 0 aliphatic carbocycles. The van der Waals surface area contributed by atoms with E-state index < -0.39 is 12.1 Å². The molecule has 0 radical (unpaired) electrons. The van der Waals surface area contributed by atoms with Crippen molar-refractivity contribution < 1.29 is 14.3 Å². The van der Waals surface area contributed by atoms with E-state index in [0.717, 1.165) is 5.56 Å². The van der Waals surface area contributed by atoms with Crippen LogP contribution in [-0.2, 0) is 14.3 Å². The number of hydrogen-bond acceptors (Lipinski definition) is 5. The van der Waals surface area contributed by atoms with E-state index in [1.54, 1.807) is 0 Å². The molecule has 1 atom stereocenters. The van der Waals surface area contributed by atoms with Crippen LogP contribution >= 0.6 is 0 Å². The predicted octanol–water partition coefficient (Wildman–Crippen LogP) is 0.381. The molecule has 0 saturated heterocycles. The first-order valence-electron chi connectivity index (χ1n) is 4.97. The number of ether oxygens (including phenoxy) is 2. The molecule has 0 aliphatic heterocycles. The smallest absolute Gasteiger partial charge is 0.339 e. The quantitative estimate of drug-likeness (QED) is 0.316. The third kappa shape index (κ3) is 3.62. The fourth-order valence-electron chi connectivity index (χ4n) is 1.27. The molecule has 0 heterocycles. The molecule has 5 nitrogen and oxygen atoms in total. The second-order valence-electron chi connectivity index (χ2n) is 3.14. The Morgan fingerprint density at radius 1 is 1.44 bits per heavy atom. The summed E-state index contributed by atoms with van der Waals surface area (Å²) in [6, 6.07) is 9.19. The van der Waals surface area contributed by atoms with Crippen LogP contribution in [0.1, 0.15) is 11.7 Å². The van der Waals surface area contributed by atoms with E-state index in [4.69, 9.17) is 10.6 Å². The molecule has 5 heteroatoms. The Bertz CT molecular complexity index is 316. The van der Waals surface area contributed by atoms with Gasteiger partial charge in [0, 0.05) is 6.54 Å². The van der Waals surface area contributed by atoms with Gasteiger partial charge in [0.25, 0.3) is 0 Å². The van der Waals surface area contributed by atoms with Gasteiger partial charge in [-0.15, -0.1) is 0 Å². The van der Waals surface area contributed by atoms with E-state index in [2.05, 4.69) is 10.2 Å². The van der Waals surface area contributed by atoms with Crippen LogP contribution in [-0.4, -0.2) is 26.2 Å². The summed E-state index contributed by atoms with van der Waals surface area (Å²) in [4.78, 5) is 11.5. The van der Waals surface area contributed by atoms with Crippen molar-refractivity contribution in [3.8, 4) is 0 Å². The third-order valence-corrected chi connectivity index (χ3v) is 2.05. The molecule has 1 rings (SSSR count). The molecule has 0 amide bonds. The lowest BCUT2D eigenvalue weighted by molar-refractivity contribution is -0.154. The summed E-state index contributed by atoms with van der Waals surface area (Å²) in [6.45, 7) is 0.811. The topological polar surface area (TPSA) is 73.6 Å². The van der Waals surface area contributed by atoms with Crippen LogP contribution in [0.2, 0.25) is 0 Å². The highest BCUT2D eigenvalue weighted by Gasteiger charge is 2.21. The molecule has 0 spiro atoms. The second kappa shape index (κ2) is 6.95. The fraction of sp³-hybridized carbons (Fsp3) is 0.364. The van der Waals surface area contributed by atoms with Crippen LogP contribution < -0.4 is 11.3 Å². The molecular formula is C11H16N2O3. The maximum atomic E-state index is 11.5. The Morgan fingerprint density at radius 3 is 2.69 bits per heavy atom. The number of hydrogen-bond donors (Lipinski definition) is 2. The van der Waals surface area contributed by atoms with E-state index in [1.165, 1.54) is 7.11 Å². The van der Waals surface area contributed by atoms with Gasteiger partial charge in [0.05, 0.1) is 13.7 Å². The maximum Gasteiger partial charge on any atom is 0.339 e. The van der Waals surface area contributed by atoms with Gasteiger partial charge in [-0.2, -0.15) is 0 Å². The number of nitrogens with one attached hydrogen (secondary N) is 1. The molecule has 0 aromatic heterocycles. The highest BCUT2D eigenvalue weighted by atomic mass is 16.6. The Kier molecular flexibility index (Phi) is 5.49. The molecule has 0 bridgehead atoms. The van der Waals surface area contributed by atoms with Gasteiger partial charge < -0.3 is 9.47 Å². The number of esters is 1. The lowest BCUT2D eigenvalue weighted by Crippen LogP contribution is -2.28. The number of rotatable bonds is 6. The molecule has 1 aromatic carbocycles. The van der Waals surface area contributed by atoms with Crippen LogP contribution in [0.5, 0.6) is 0 Å². The molecule has 0 saturated carbocycles. The molecule has 1 unspecified atom stereocenters. The van der Waals surface area contributed by atoms with Crippen molar-refractivity contribution in [2.75, 3.05) is 20.3 Å². The first-order chi connectivity index (χ1) is 7.79. The molecule has 0 aliphatic rings. The highest BCUT2D eigenvalue weighted by Crippen LogP contribution is 2.18. The summed E-state index contributed by atoms with van der Waals surface area (Å²) in [7, 11) is 1.34. The summed E-state index contributed by atoms with van der Waals surface area (Å²) in [6.07, 6.45) is -0.695. The SMILES string of the molecule is COC(=O)C(OCCNN)c1ccccc1. The van der Waals surface area contributed by atoms with Crippen molar-refractivity contribution in [3.63, 3.8) is 0 Å². The summed E-state index contributed by atoms with van der Waals surface area (Å²) in [5.74, 6) is 4.70. The summed E-state index contributed by atoms with van der Waals surface area (Å²) < 4.78 is 10.1. The Morgan fingerprint density at radius 2 is 2.12 bits per heavy atom. The third-order valence-electron chi connectivity index (χ3n) is 2.05. The second-order valence-corrected chi connectivity index (χ2v) is 3.14. The largest absolute Gasteiger partial charge is 0.467 e. The van der Waals surface area contributed by atoms with Gasteiger partial charge in [-0.25, -0.2) is 4.79 Å². The van der Waals surface area contributed by atoms with Gasteiger partial charge in [-0.3, -0.25) is 11.3 Å². The maximum absolute atomic E-state index is 11.5. The zero-order chi connectivity index (χ0) is 11.8. The normalized spacial score (nSPS) is 12.1. The zero-order valence-electron chi connectivity index (χ0n) is 9.18. The van der Waals surface area contributed by atoms with Crippen molar-refractivity contribution in [2.24, 2.45) is 5.84 Å². The van der Waals surface area contributed by atoms with Crippen molar-refractivity contribution >= 4 is 5.97 Å². The Hall–Kier alpha value is -1.43. The molecule has 0 fully saturated rings. The lowest BCUT2D eigenvalue weighted by Gasteiger charge is -2.15. The first-order valence-corrected chi connectivity index (χ1v) is 4.97. The van der Waals surface area contributed by atoms with Gasteiger partial charge in [0.15, 0.2) is 6.10 Å². The average Bonchev–Trinajstić information content (AvgIpc) is 2.35. The lowest BCUT2D eigenvalue weighted by atomic mass is 10.1. The number of methoxy groups -OCH3 is 1. The van der Waals surface area contributed by atoms with E-state index >= 15 is 0 Å². The van der Waals surface area contributed by atoms with E-state index in [1.807, 2.05) is 30.3 Å². The Balaban J connectivity index is 2.68. The monoisotopic (exact) mass is 224 g/mol. The van der Waals surface area contributed by atoms with Crippen LogP contribution in [0, 0.1) is 0 Å². The van der Waals surface area contributed by atoms with Crippen molar-refractivity contribution in [3.05, 3.63) is 35.9 Å². The molecule has 88 valence electrons. The number of carbonyl (C=O) groups excluding carboxylic acids is 1. The highest BCUT2D eigenvalue weighted by molar-refractivity contribution is 5.76. The molecular weight excluding hydrogens is 208 g/mol. The van der Waals surface area contributed by atoms with Gasteiger partial charge in [-0.1, -0.05) is 30.3 Å². The number of benzene rings is 1. The minimum atomic E-state index is -0.695. The van der Waals surface area contributed by atoms with Crippen LogP contribution in [0.4, 0.5) is 0 Å². The predicted molar refractivity (Wildman–Crippen MR) is 59.3 cm³/mol. The fourth-order valence-corrected chi connectivity index (χ4v) is 1.27. The Labute approximate surface area is 94.5 Å². The minimum absolute atomic E-state index is 0.338. The summed E-state index contributed by atoms with van der Waals surface area (Å²) >= 11 is 0. The van der Waals surface area contributed by atoms with Crippen LogP contribution in [0.25, 0.3) is 0 Å². The minimum Gasteiger partial charge on any atom is -0.467 e. The van der Waals surface area contributed by atoms with Crippen molar-refractivity contribution in [1.82, 2.24) is 5.43 Å². The molecule has 3 N–H and O–H groups in total. The zero-order valence-corrected chi connectivity index (χ0v) is 9.18. The number of carbonyl (C=O) groups is 1. The van der Waals surface area contributed by atoms with Gasteiger partial charge >= 0.3 is 5.97 Å². The molecule has 1 aromatic rings. The van der Waals surface area contributed by atoms with E-state index in [-0.39, 0.29) is 0 Å². The van der Waals surface area contributed by atoms with Gasteiger partial charge in [0.2, 0.25) is 0 Å². The summed E-state index contributed by atoms with van der Waals surface area (Å²) in [5.41, 5.74) is 3.22.